The molecule has 0 aliphatic carbocycles. The molecule has 1 unspecified atom stereocenters. The maximum atomic E-state index is 12.8. The minimum atomic E-state index is -0.873. The lowest BCUT2D eigenvalue weighted by molar-refractivity contribution is -0.201. The molecule has 0 saturated carbocycles. The van der Waals surface area contributed by atoms with Gasteiger partial charge in [-0.25, -0.2) is 4.79 Å². The van der Waals surface area contributed by atoms with Gasteiger partial charge < -0.3 is 14.4 Å². The summed E-state index contributed by atoms with van der Waals surface area (Å²) >= 11 is 0. The van der Waals surface area contributed by atoms with Crippen molar-refractivity contribution in [3.05, 3.63) is 11.8 Å². The van der Waals surface area contributed by atoms with Crippen molar-refractivity contribution in [1.29, 1.82) is 0 Å². The number of hydrogen-bond acceptors (Lipinski definition) is 9. The highest BCUT2D eigenvalue weighted by Gasteiger charge is 2.36. The fourth-order valence-electron chi connectivity index (χ4n) is 3.39. The quantitative estimate of drug-likeness (QED) is 0.248. The van der Waals surface area contributed by atoms with E-state index in [1.807, 2.05) is 6.92 Å². The number of esters is 1. The van der Waals surface area contributed by atoms with E-state index < -0.39 is 47.1 Å². The first-order chi connectivity index (χ1) is 15.9. The van der Waals surface area contributed by atoms with Gasteiger partial charge in [0.1, 0.15) is 11.4 Å². The second-order valence-electron chi connectivity index (χ2n) is 9.10. The molecule has 2 aliphatic rings. The molecule has 4 amide bonds. The SMILES string of the molecule is CCC=C(CCC(CCC(=O)OC(C)(C)C)C(=O)ON1C(=O)CCC1=O)ON1C(=O)CCC1=O. The van der Waals surface area contributed by atoms with E-state index in [1.165, 1.54) is 0 Å². The lowest BCUT2D eigenvalue weighted by Gasteiger charge is -2.22. The van der Waals surface area contributed by atoms with Gasteiger partial charge in [0.15, 0.2) is 0 Å². The molecule has 0 aromatic rings. The zero-order valence-corrected chi connectivity index (χ0v) is 20.1. The fraction of sp³-hybridized carbons (Fsp3) is 0.652. The summed E-state index contributed by atoms with van der Waals surface area (Å²) in [6.45, 7) is 7.01. The Balaban J connectivity index is 2.07. The summed E-state index contributed by atoms with van der Waals surface area (Å²) in [5, 5.41) is 1.18. The molecule has 11 heteroatoms. The largest absolute Gasteiger partial charge is 0.460 e. The molecular formula is C23H32N2O9. The van der Waals surface area contributed by atoms with Crippen LogP contribution in [0.15, 0.2) is 11.8 Å². The van der Waals surface area contributed by atoms with Crippen LogP contribution < -0.4 is 0 Å². The molecular weight excluding hydrogens is 448 g/mol. The Bertz CT molecular complexity index is 840. The third kappa shape index (κ3) is 7.96. The van der Waals surface area contributed by atoms with E-state index in [2.05, 4.69) is 0 Å². The van der Waals surface area contributed by atoms with Crippen molar-refractivity contribution in [3.8, 4) is 0 Å². The predicted molar refractivity (Wildman–Crippen MR) is 116 cm³/mol. The first kappa shape index (κ1) is 27.0. The Kier molecular flexibility index (Phi) is 9.34. The number of rotatable bonds is 11. The number of hydrogen-bond donors (Lipinski definition) is 0. The maximum absolute atomic E-state index is 12.8. The number of hydroxylamine groups is 4. The average molecular weight is 481 g/mol. The van der Waals surface area contributed by atoms with Gasteiger partial charge in [0.05, 0.1) is 5.92 Å². The van der Waals surface area contributed by atoms with Gasteiger partial charge in [0.2, 0.25) is 0 Å². The van der Waals surface area contributed by atoms with Gasteiger partial charge in [-0.2, -0.15) is 0 Å². The Labute approximate surface area is 198 Å². The predicted octanol–water partition coefficient (Wildman–Crippen LogP) is 2.49. The van der Waals surface area contributed by atoms with Gasteiger partial charge in [0.25, 0.3) is 23.6 Å². The van der Waals surface area contributed by atoms with Gasteiger partial charge in [-0.05, 0) is 46.1 Å². The zero-order valence-electron chi connectivity index (χ0n) is 20.1. The van der Waals surface area contributed by atoms with Gasteiger partial charge in [-0.1, -0.05) is 6.92 Å². The average Bonchev–Trinajstić information content (AvgIpc) is 3.22. The number of nitrogens with zero attached hydrogens (tertiary/aromatic N) is 2. The molecule has 2 saturated heterocycles. The lowest BCUT2D eigenvalue weighted by atomic mass is 9.97. The summed E-state index contributed by atoms with van der Waals surface area (Å²) < 4.78 is 5.28. The molecule has 0 spiro atoms. The zero-order chi connectivity index (χ0) is 25.5. The summed E-state index contributed by atoms with van der Waals surface area (Å²) in [6, 6.07) is 0. The Morgan fingerprint density at radius 1 is 0.853 bits per heavy atom. The van der Waals surface area contributed by atoms with Crippen molar-refractivity contribution in [2.24, 2.45) is 5.92 Å². The highest BCUT2D eigenvalue weighted by atomic mass is 16.7. The van der Waals surface area contributed by atoms with Crippen LogP contribution >= 0.6 is 0 Å². The molecule has 34 heavy (non-hydrogen) atoms. The molecule has 2 fully saturated rings. The van der Waals surface area contributed by atoms with Gasteiger partial charge in [0, 0.05) is 38.5 Å². The molecule has 0 radical (unpaired) electrons. The van der Waals surface area contributed by atoms with Crippen LogP contribution in [0.4, 0.5) is 0 Å². The topological polar surface area (TPSA) is 137 Å². The third-order valence-electron chi connectivity index (χ3n) is 5.02. The van der Waals surface area contributed by atoms with E-state index in [1.54, 1.807) is 26.8 Å². The van der Waals surface area contributed by atoms with Crippen molar-refractivity contribution in [2.75, 3.05) is 0 Å². The minimum absolute atomic E-state index is 0.0379. The van der Waals surface area contributed by atoms with E-state index >= 15 is 0 Å². The van der Waals surface area contributed by atoms with Crippen molar-refractivity contribution < 1.29 is 43.2 Å². The van der Waals surface area contributed by atoms with Crippen molar-refractivity contribution in [3.63, 3.8) is 0 Å². The molecule has 1 atom stereocenters. The second-order valence-corrected chi connectivity index (χ2v) is 9.10. The van der Waals surface area contributed by atoms with Crippen LogP contribution in [0.1, 0.15) is 85.5 Å². The van der Waals surface area contributed by atoms with E-state index in [0.29, 0.717) is 17.2 Å². The molecule has 2 heterocycles. The summed E-state index contributed by atoms with van der Waals surface area (Å²) in [4.78, 5) is 82.9. The Morgan fingerprint density at radius 2 is 1.32 bits per heavy atom. The van der Waals surface area contributed by atoms with Crippen LogP contribution in [0.3, 0.4) is 0 Å². The van der Waals surface area contributed by atoms with Crippen LogP contribution in [0.5, 0.6) is 0 Å². The summed E-state index contributed by atoms with van der Waals surface area (Å²) in [7, 11) is 0. The van der Waals surface area contributed by atoms with Crippen molar-refractivity contribution in [2.45, 2.75) is 91.1 Å². The summed E-state index contributed by atoms with van der Waals surface area (Å²) in [5.41, 5.74) is -0.693. The highest BCUT2D eigenvalue weighted by molar-refractivity contribution is 6.02. The van der Waals surface area contributed by atoms with Crippen LogP contribution in [-0.2, 0) is 43.2 Å². The smallest absolute Gasteiger partial charge is 0.336 e. The first-order valence-electron chi connectivity index (χ1n) is 11.4. The summed E-state index contributed by atoms with van der Waals surface area (Å²) in [5.74, 6) is -4.01. The first-order valence-corrected chi connectivity index (χ1v) is 11.4. The normalized spacial score (nSPS) is 17.9. The van der Waals surface area contributed by atoms with Crippen LogP contribution in [-0.4, -0.2) is 51.3 Å². The van der Waals surface area contributed by atoms with E-state index in [0.717, 1.165) is 5.06 Å². The number of imide groups is 2. The van der Waals surface area contributed by atoms with E-state index in [9.17, 15) is 28.8 Å². The second kappa shape index (κ2) is 11.8. The molecule has 2 aliphatic heterocycles. The minimum Gasteiger partial charge on any atom is -0.460 e. The molecule has 0 aromatic carbocycles. The molecule has 0 bridgehead atoms. The van der Waals surface area contributed by atoms with Crippen molar-refractivity contribution in [1.82, 2.24) is 10.1 Å². The fourth-order valence-corrected chi connectivity index (χ4v) is 3.39. The summed E-state index contributed by atoms with van der Waals surface area (Å²) in [6.07, 6.45) is 2.54. The van der Waals surface area contributed by atoms with Crippen LogP contribution in [0, 0.1) is 5.92 Å². The molecule has 0 aromatic heterocycles. The number of allylic oxidation sites excluding steroid dienone is 2. The lowest BCUT2D eigenvalue weighted by Crippen LogP contribution is -2.35. The number of amides is 4. The standard InChI is InChI=1S/C23H32N2O9/c1-5-6-16(33-24-17(26)10-11-18(24)27)9-7-15(8-14-21(30)32-23(2,3)4)22(31)34-25-19(28)12-13-20(25)29/h6,15H,5,7-14H2,1-4H3. The monoisotopic (exact) mass is 480 g/mol. The maximum Gasteiger partial charge on any atom is 0.336 e. The van der Waals surface area contributed by atoms with Crippen LogP contribution in [0.2, 0.25) is 0 Å². The Hall–Kier alpha value is -3.24. The molecule has 188 valence electrons. The number of ether oxygens (including phenoxy) is 1. The van der Waals surface area contributed by atoms with E-state index in [4.69, 9.17) is 14.4 Å². The van der Waals surface area contributed by atoms with Crippen LogP contribution in [0.25, 0.3) is 0 Å². The molecule has 0 N–H and O–H groups in total. The Morgan fingerprint density at radius 3 is 1.79 bits per heavy atom. The van der Waals surface area contributed by atoms with Crippen molar-refractivity contribution >= 4 is 35.6 Å². The number of carbonyl (C=O) groups is 6. The molecule has 2 rings (SSSR count). The van der Waals surface area contributed by atoms with Gasteiger partial charge in [-0.15, -0.1) is 10.1 Å². The van der Waals surface area contributed by atoms with Gasteiger partial charge >= 0.3 is 11.9 Å². The highest BCUT2D eigenvalue weighted by Crippen LogP contribution is 2.25. The van der Waals surface area contributed by atoms with E-state index in [-0.39, 0.29) is 51.4 Å². The number of carbonyl (C=O) groups excluding carboxylic acids is 6. The molecule has 11 nitrogen and oxygen atoms in total. The van der Waals surface area contributed by atoms with Gasteiger partial charge in [-0.3, -0.25) is 24.0 Å². The third-order valence-corrected chi connectivity index (χ3v) is 5.02.